The highest BCUT2D eigenvalue weighted by molar-refractivity contribution is 5.36. The Bertz CT molecular complexity index is 582. The van der Waals surface area contributed by atoms with Crippen molar-refractivity contribution in [3.8, 4) is 11.6 Å². The van der Waals surface area contributed by atoms with Crippen molar-refractivity contribution < 1.29 is 9.84 Å². The van der Waals surface area contributed by atoms with Crippen molar-refractivity contribution in [3.05, 3.63) is 47.4 Å². The first-order valence-electron chi connectivity index (χ1n) is 7.07. The first-order valence-corrected chi connectivity index (χ1v) is 7.07. The number of fused-ring (bicyclic) bond motifs is 1. The van der Waals surface area contributed by atoms with Gasteiger partial charge in [0.15, 0.2) is 0 Å². The molecule has 104 valence electrons. The molecule has 1 aliphatic rings. The second kappa shape index (κ2) is 6.01. The van der Waals surface area contributed by atoms with Gasteiger partial charge < -0.3 is 9.84 Å². The van der Waals surface area contributed by atoms with Crippen LogP contribution in [0.1, 0.15) is 36.1 Å². The summed E-state index contributed by atoms with van der Waals surface area (Å²) in [6.07, 6.45) is 7.18. The highest BCUT2D eigenvalue weighted by Crippen LogP contribution is 2.29. The molecular weight excluding hydrogens is 252 g/mol. The minimum absolute atomic E-state index is 0.0448. The number of aryl methyl sites for hydroxylation is 1. The monoisotopic (exact) mass is 270 g/mol. The number of rotatable bonds is 3. The van der Waals surface area contributed by atoms with Gasteiger partial charge in [0.05, 0.1) is 12.3 Å². The lowest BCUT2D eigenvalue weighted by Gasteiger charge is -2.11. The summed E-state index contributed by atoms with van der Waals surface area (Å²) in [6.45, 7) is 0.0448. The van der Waals surface area contributed by atoms with E-state index in [1.54, 1.807) is 6.33 Å². The lowest BCUT2D eigenvalue weighted by molar-refractivity contribution is 0.281. The van der Waals surface area contributed by atoms with Crippen molar-refractivity contribution in [2.24, 2.45) is 0 Å². The third-order valence-corrected chi connectivity index (χ3v) is 3.66. The van der Waals surface area contributed by atoms with Crippen LogP contribution in [0.15, 0.2) is 30.6 Å². The molecule has 4 nitrogen and oxygen atoms in total. The minimum Gasteiger partial charge on any atom is -0.439 e. The molecule has 3 rings (SSSR count). The molecule has 0 unspecified atom stereocenters. The standard InChI is InChI=1S/C16H18N2O2/c19-10-12-6-8-13(9-7-12)20-16-14-4-2-1-3-5-15(14)17-11-18-16/h6-9,11,19H,1-5,10H2. The number of benzene rings is 1. The second-order valence-corrected chi connectivity index (χ2v) is 5.07. The highest BCUT2D eigenvalue weighted by atomic mass is 16.5. The Balaban J connectivity index is 1.86. The predicted molar refractivity (Wildman–Crippen MR) is 75.7 cm³/mol. The Morgan fingerprint density at radius 2 is 1.80 bits per heavy atom. The molecule has 0 saturated carbocycles. The van der Waals surface area contributed by atoms with E-state index in [9.17, 15) is 0 Å². The fourth-order valence-electron chi connectivity index (χ4n) is 2.53. The minimum atomic E-state index is 0.0448. The van der Waals surface area contributed by atoms with E-state index >= 15 is 0 Å². The number of ether oxygens (including phenoxy) is 1. The largest absolute Gasteiger partial charge is 0.439 e. The summed E-state index contributed by atoms with van der Waals surface area (Å²) >= 11 is 0. The predicted octanol–water partition coefficient (Wildman–Crippen LogP) is 3.03. The zero-order valence-electron chi connectivity index (χ0n) is 11.4. The van der Waals surface area contributed by atoms with E-state index < -0.39 is 0 Å². The van der Waals surface area contributed by atoms with Crippen LogP contribution in [0.4, 0.5) is 0 Å². The average Bonchev–Trinajstić information content (AvgIpc) is 2.74. The van der Waals surface area contributed by atoms with E-state index in [4.69, 9.17) is 9.84 Å². The molecule has 0 spiro atoms. The number of hydrogen-bond acceptors (Lipinski definition) is 4. The van der Waals surface area contributed by atoms with E-state index in [1.807, 2.05) is 24.3 Å². The normalized spacial score (nSPS) is 14.4. The molecule has 20 heavy (non-hydrogen) atoms. The Kier molecular flexibility index (Phi) is 3.92. The van der Waals surface area contributed by atoms with Gasteiger partial charge in [-0.3, -0.25) is 0 Å². The SMILES string of the molecule is OCc1ccc(Oc2ncnc3c2CCCCC3)cc1. The topological polar surface area (TPSA) is 55.2 Å². The summed E-state index contributed by atoms with van der Waals surface area (Å²) in [5.41, 5.74) is 3.15. The van der Waals surface area contributed by atoms with Gasteiger partial charge in [-0.1, -0.05) is 18.6 Å². The van der Waals surface area contributed by atoms with Gasteiger partial charge in [-0.2, -0.15) is 0 Å². The first-order chi connectivity index (χ1) is 9.86. The van der Waals surface area contributed by atoms with Gasteiger partial charge >= 0.3 is 0 Å². The van der Waals surface area contributed by atoms with E-state index in [2.05, 4.69) is 9.97 Å². The van der Waals surface area contributed by atoms with E-state index in [0.29, 0.717) is 5.88 Å². The Labute approximate surface area is 118 Å². The summed E-state index contributed by atoms with van der Waals surface area (Å²) in [5.74, 6) is 1.42. The fraction of sp³-hybridized carbons (Fsp3) is 0.375. The molecule has 0 bridgehead atoms. The molecule has 1 aliphatic carbocycles. The summed E-state index contributed by atoms with van der Waals surface area (Å²) in [4.78, 5) is 8.67. The van der Waals surface area contributed by atoms with Crippen molar-refractivity contribution in [1.82, 2.24) is 9.97 Å². The molecule has 4 heteroatoms. The Morgan fingerprint density at radius 3 is 2.60 bits per heavy atom. The summed E-state index contributed by atoms with van der Waals surface area (Å²) in [5, 5.41) is 9.05. The van der Waals surface area contributed by atoms with E-state index in [-0.39, 0.29) is 6.61 Å². The van der Waals surface area contributed by atoms with Crippen molar-refractivity contribution in [2.75, 3.05) is 0 Å². The van der Waals surface area contributed by atoms with Crippen molar-refractivity contribution >= 4 is 0 Å². The zero-order valence-corrected chi connectivity index (χ0v) is 11.4. The van der Waals surface area contributed by atoms with Crippen LogP contribution in [0.2, 0.25) is 0 Å². The number of hydrogen-bond donors (Lipinski definition) is 1. The van der Waals surface area contributed by atoms with Crippen LogP contribution in [0.25, 0.3) is 0 Å². The molecule has 1 aromatic carbocycles. The number of nitrogens with zero attached hydrogens (tertiary/aromatic N) is 2. The second-order valence-electron chi connectivity index (χ2n) is 5.07. The molecule has 0 aliphatic heterocycles. The Hall–Kier alpha value is -1.94. The molecule has 1 N–H and O–H groups in total. The van der Waals surface area contributed by atoms with Crippen LogP contribution < -0.4 is 4.74 Å². The molecule has 0 saturated heterocycles. The lowest BCUT2D eigenvalue weighted by atomic mass is 10.1. The number of aliphatic hydroxyl groups is 1. The van der Waals surface area contributed by atoms with E-state index in [0.717, 1.165) is 35.4 Å². The number of aromatic nitrogens is 2. The summed E-state index contributed by atoms with van der Waals surface area (Å²) in [7, 11) is 0. The third-order valence-electron chi connectivity index (χ3n) is 3.66. The molecule has 1 heterocycles. The van der Waals surface area contributed by atoms with Gasteiger partial charge in [0.1, 0.15) is 12.1 Å². The number of aliphatic hydroxyl groups excluding tert-OH is 1. The third kappa shape index (κ3) is 2.80. The molecular formula is C16H18N2O2. The van der Waals surface area contributed by atoms with Crippen molar-refractivity contribution in [3.63, 3.8) is 0 Å². The van der Waals surface area contributed by atoms with Crippen LogP contribution in [-0.2, 0) is 19.4 Å². The van der Waals surface area contributed by atoms with Crippen LogP contribution in [-0.4, -0.2) is 15.1 Å². The smallest absolute Gasteiger partial charge is 0.225 e. The van der Waals surface area contributed by atoms with Gasteiger partial charge in [0.2, 0.25) is 5.88 Å². The highest BCUT2D eigenvalue weighted by Gasteiger charge is 2.15. The van der Waals surface area contributed by atoms with Gasteiger partial charge in [0, 0.05) is 5.56 Å². The fourth-order valence-corrected chi connectivity index (χ4v) is 2.53. The van der Waals surface area contributed by atoms with Gasteiger partial charge in [-0.05, 0) is 43.4 Å². The molecule has 0 atom stereocenters. The molecule has 0 amide bonds. The summed E-state index contributed by atoms with van der Waals surface area (Å²) < 4.78 is 5.90. The van der Waals surface area contributed by atoms with E-state index in [1.165, 1.54) is 19.3 Å². The molecule has 0 radical (unpaired) electrons. The quantitative estimate of drug-likeness (QED) is 0.871. The lowest BCUT2D eigenvalue weighted by Crippen LogP contribution is -2.01. The molecule has 1 aromatic heterocycles. The van der Waals surface area contributed by atoms with Crippen LogP contribution in [0.3, 0.4) is 0 Å². The van der Waals surface area contributed by atoms with Gasteiger partial charge in [-0.15, -0.1) is 0 Å². The Morgan fingerprint density at radius 1 is 1.00 bits per heavy atom. The van der Waals surface area contributed by atoms with Crippen molar-refractivity contribution in [1.29, 1.82) is 0 Å². The first kappa shape index (κ1) is 13.1. The maximum Gasteiger partial charge on any atom is 0.225 e. The maximum atomic E-state index is 9.05. The van der Waals surface area contributed by atoms with Gasteiger partial charge in [-0.25, -0.2) is 9.97 Å². The zero-order chi connectivity index (χ0) is 13.8. The van der Waals surface area contributed by atoms with Gasteiger partial charge in [0.25, 0.3) is 0 Å². The molecule has 2 aromatic rings. The van der Waals surface area contributed by atoms with Crippen molar-refractivity contribution in [2.45, 2.75) is 38.7 Å². The summed E-state index contributed by atoms with van der Waals surface area (Å²) in [6, 6.07) is 7.43. The maximum absolute atomic E-state index is 9.05. The average molecular weight is 270 g/mol. The van der Waals surface area contributed by atoms with Crippen LogP contribution in [0.5, 0.6) is 11.6 Å². The molecule has 0 fully saturated rings. The van der Waals surface area contributed by atoms with Crippen LogP contribution in [0, 0.1) is 0 Å². The van der Waals surface area contributed by atoms with Crippen LogP contribution >= 0.6 is 0 Å².